The third-order valence-corrected chi connectivity index (χ3v) is 4.56. The van der Waals surface area contributed by atoms with Crippen LogP contribution in [-0.2, 0) is 10.2 Å². The SMILES string of the molecule is COCCNCC1(c2ccc(Cl)cc2Cl)CCCC1. The van der Waals surface area contributed by atoms with Crippen molar-refractivity contribution in [2.24, 2.45) is 0 Å². The van der Waals surface area contributed by atoms with Gasteiger partial charge in [-0.05, 0) is 30.5 Å². The van der Waals surface area contributed by atoms with Gasteiger partial charge in [-0.25, -0.2) is 0 Å². The van der Waals surface area contributed by atoms with Crippen LogP contribution >= 0.6 is 23.2 Å². The van der Waals surface area contributed by atoms with Crippen molar-refractivity contribution in [2.75, 3.05) is 26.8 Å². The summed E-state index contributed by atoms with van der Waals surface area (Å²) in [5, 5.41) is 4.99. The van der Waals surface area contributed by atoms with E-state index in [4.69, 9.17) is 27.9 Å². The molecule has 0 spiro atoms. The van der Waals surface area contributed by atoms with E-state index in [-0.39, 0.29) is 5.41 Å². The van der Waals surface area contributed by atoms with Gasteiger partial charge in [-0.1, -0.05) is 42.1 Å². The van der Waals surface area contributed by atoms with Crippen LogP contribution in [0.1, 0.15) is 31.2 Å². The Labute approximate surface area is 125 Å². The number of methoxy groups -OCH3 is 1. The predicted molar refractivity (Wildman–Crippen MR) is 81.4 cm³/mol. The number of hydrogen-bond donors (Lipinski definition) is 1. The first kappa shape index (κ1) is 15.1. The Hall–Kier alpha value is -0.280. The van der Waals surface area contributed by atoms with Crippen LogP contribution in [0.5, 0.6) is 0 Å². The van der Waals surface area contributed by atoms with Crippen molar-refractivity contribution in [3.63, 3.8) is 0 Å². The van der Waals surface area contributed by atoms with Crippen LogP contribution in [0.4, 0.5) is 0 Å². The molecule has 2 nitrogen and oxygen atoms in total. The van der Waals surface area contributed by atoms with Crippen molar-refractivity contribution in [3.8, 4) is 0 Å². The summed E-state index contributed by atoms with van der Waals surface area (Å²) in [7, 11) is 1.73. The maximum absolute atomic E-state index is 6.40. The van der Waals surface area contributed by atoms with Crippen LogP contribution in [0.25, 0.3) is 0 Å². The lowest BCUT2D eigenvalue weighted by molar-refractivity contribution is 0.196. The molecule has 1 N–H and O–H groups in total. The van der Waals surface area contributed by atoms with Crippen molar-refractivity contribution < 1.29 is 4.74 Å². The van der Waals surface area contributed by atoms with E-state index < -0.39 is 0 Å². The van der Waals surface area contributed by atoms with E-state index in [2.05, 4.69) is 11.4 Å². The highest BCUT2D eigenvalue weighted by molar-refractivity contribution is 6.35. The summed E-state index contributed by atoms with van der Waals surface area (Å²) < 4.78 is 5.08. The Morgan fingerprint density at radius 1 is 1.26 bits per heavy atom. The topological polar surface area (TPSA) is 21.3 Å². The Morgan fingerprint density at radius 2 is 2.00 bits per heavy atom. The zero-order chi connectivity index (χ0) is 13.7. The van der Waals surface area contributed by atoms with E-state index in [0.717, 1.165) is 24.7 Å². The molecule has 1 aliphatic rings. The number of nitrogens with one attached hydrogen (secondary N) is 1. The average molecular weight is 302 g/mol. The molecule has 0 amide bonds. The summed E-state index contributed by atoms with van der Waals surface area (Å²) in [5.41, 5.74) is 1.40. The molecule has 0 unspecified atom stereocenters. The molecule has 0 bridgehead atoms. The first-order valence-electron chi connectivity index (χ1n) is 6.83. The van der Waals surface area contributed by atoms with Gasteiger partial charge >= 0.3 is 0 Å². The largest absolute Gasteiger partial charge is 0.383 e. The zero-order valence-electron chi connectivity index (χ0n) is 11.3. The molecule has 4 heteroatoms. The molecule has 19 heavy (non-hydrogen) atoms. The highest BCUT2D eigenvalue weighted by Gasteiger charge is 2.36. The molecule has 0 radical (unpaired) electrons. The summed E-state index contributed by atoms with van der Waals surface area (Å²) in [6, 6.07) is 5.89. The van der Waals surface area contributed by atoms with Crippen LogP contribution in [0.15, 0.2) is 18.2 Å². The molecule has 0 heterocycles. The summed E-state index contributed by atoms with van der Waals surface area (Å²) in [6.07, 6.45) is 4.92. The molecule has 0 atom stereocenters. The first-order valence-corrected chi connectivity index (χ1v) is 7.59. The fourth-order valence-electron chi connectivity index (χ4n) is 3.01. The molecule has 1 fully saturated rings. The van der Waals surface area contributed by atoms with E-state index in [1.807, 2.05) is 12.1 Å². The summed E-state index contributed by atoms with van der Waals surface area (Å²) >= 11 is 12.4. The smallest absolute Gasteiger partial charge is 0.0587 e. The van der Waals surface area contributed by atoms with Gasteiger partial charge < -0.3 is 10.1 Å². The van der Waals surface area contributed by atoms with E-state index in [1.54, 1.807) is 7.11 Å². The number of hydrogen-bond acceptors (Lipinski definition) is 2. The average Bonchev–Trinajstić information content (AvgIpc) is 2.84. The van der Waals surface area contributed by atoms with E-state index >= 15 is 0 Å². The minimum atomic E-state index is 0.162. The lowest BCUT2D eigenvalue weighted by Crippen LogP contribution is -2.37. The second kappa shape index (κ2) is 6.94. The summed E-state index contributed by atoms with van der Waals surface area (Å²) in [4.78, 5) is 0. The molecular weight excluding hydrogens is 281 g/mol. The van der Waals surface area contributed by atoms with Gasteiger partial charge in [0, 0.05) is 35.7 Å². The lowest BCUT2D eigenvalue weighted by atomic mass is 9.78. The molecule has 1 aliphatic carbocycles. The van der Waals surface area contributed by atoms with Gasteiger partial charge in [0.25, 0.3) is 0 Å². The normalized spacial score (nSPS) is 17.8. The van der Waals surface area contributed by atoms with Crippen molar-refractivity contribution in [3.05, 3.63) is 33.8 Å². The molecule has 0 aliphatic heterocycles. The molecule has 0 aromatic heterocycles. The predicted octanol–water partition coefficient (Wildman–Crippen LogP) is 4.04. The maximum atomic E-state index is 6.40. The van der Waals surface area contributed by atoms with Crippen LogP contribution < -0.4 is 5.32 Å². The third-order valence-electron chi connectivity index (χ3n) is 4.01. The first-order chi connectivity index (χ1) is 9.18. The summed E-state index contributed by atoms with van der Waals surface area (Å²) in [5.74, 6) is 0. The number of benzene rings is 1. The van der Waals surface area contributed by atoms with Crippen molar-refractivity contribution in [1.29, 1.82) is 0 Å². The molecule has 0 saturated heterocycles. The molecule has 1 aromatic rings. The van der Waals surface area contributed by atoms with Crippen LogP contribution in [0, 0.1) is 0 Å². The zero-order valence-corrected chi connectivity index (χ0v) is 12.9. The Balaban J connectivity index is 2.14. The van der Waals surface area contributed by atoms with Crippen molar-refractivity contribution in [2.45, 2.75) is 31.1 Å². The number of ether oxygens (including phenoxy) is 1. The van der Waals surface area contributed by atoms with Crippen molar-refractivity contribution in [1.82, 2.24) is 5.32 Å². The number of halogens is 2. The van der Waals surface area contributed by atoms with E-state index in [1.165, 1.54) is 31.2 Å². The third kappa shape index (κ3) is 3.63. The lowest BCUT2D eigenvalue weighted by Gasteiger charge is -2.31. The van der Waals surface area contributed by atoms with Gasteiger partial charge in [-0.15, -0.1) is 0 Å². The minimum Gasteiger partial charge on any atom is -0.383 e. The minimum absolute atomic E-state index is 0.162. The Morgan fingerprint density at radius 3 is 2.63 bits per heavy atom. The number of rotatable bonds is 6. The molecular formula is C15H21Cl2NO. The fraction of sp³-hybridized carbons (Fsp3) is 0.600. The maximum Gasteiger partial charge on any atom is 0.0587 e. The van der Waals surface area contributed by atoms with E-state index in [0.29, 0.717) is 5.02 Å². The van der Waals surface area contributed by atoms with Crippen LogP contribution in [0.3, 0.4) is 0 Å². The molecule has 2 rings (SSSR count). The van der Waals surface area contributed by atoms with Gasteiger partial charge in [-0.2, -0.15) is 0 Å². The van der Waals surface area contributed by atoms with Gasteiger partial charge in [0.15, 0.2) is 0 Å². The molecule has 106 valence electrons. The highest BCUT2D eigenvalue weighted by Crippen LogP contribution is 2.43. The monoisotopic (exact) mass is 301 g/mol. The van der Waals surface area contributed by atoms with Crippen molar-refractivity contribution >= 4 is 23.2 Å². The van der Waals surface area contributed by atoms with Gasteiger partial charge in [0.1, 0.15) is 0 Å². The molecule has 1 saturated carbocycles. The van der Waals surface area contributed by atoms with Gasteiger partial charge in [0.05, 0.1) is 6.61 Å². The van der Waals surface area contributed by atoms with Gasteiger partial charge in [0.2, 0.25) is 0 Å². The second-order valence-electron chi connectivity index (χ2n) is 5.28. The van der Waals surface area contributed by atoms with Crippen LogP contribution in [0.2, 0.25) is 10.0 Å². The fourth-order valence-corrected chi connectivity index (χ4v) is 3.62. The Bertz CT molecular complexity index is 417. The Kier molecular flexibility index (Phi) is 5.52. The molecule has 1 aromatic carbocycles. The van der Waals surface area contributed by atoms with E-state index in [9.17, 15) is 0 Å². The van der Waals surface area contributed by atoms with Gasteiger partial charge in [-0.3, -0.25) is 0 Å². The second-order valence-corrected chi connectivity index (χ2v) is 6.12. The standard InChI is InChI=1S/C15H21Cl2NO/c1-19-9-8-18-11-15(6-2-3-7-15)13-5-4-12(16)10-14(13)17/h4-5,10,18H,2-3,6-9,11H2,1H3. The quantitative estimate of drug-likeness (QED) is 0.801. The highest BCUT2D eigenvalue weighted by atomic mass is 35.5. The van der Waals surface area contributed by atoms with Crippen LogP contribution in [-0.4, -0.2) is 26.8 Å². The summed E-state index contributed by atoms with van der Waals surface area (Å²) in [6.45, 7) is 2.58.